The van der Waals surface area contributed by atoms with E-state index in [0.29, 0.717) is 6.42 Å². The molecule has 0 aromatic heterocycles. The molecule has 1 fully saturated rings. The maximum atomic E-state index is 8.56. The first-order chi connectivity index (χ1) is 20.6. The number of hydrogen-bond donors (Lipinski definition) is 2. The third kappa shape index (κ3) is 8.00. The van der Waals surface area contributed by atoms with Crippen LogP contribution in [-0.4, -0.2) is 68.2 Å². The van der Waals surface area contributed by atoms with Crippen molar-refractivity contribution in [2.24, 2.45) is 0 Å². The molecule has 1 aliphatic rings. The van der Waals surface area contributed by atoms with Gasteiger partial charge in [0.15, 0.2) is 0 Å². The molecule has 226 valence electrons. The first-order valence-electron chi connectivity index (χ1n) is 14.6. The van der Waals surface area contributed by atoms with Crippen molar-refractivity contribution in [3.05, 3.63) is 109 Å². The van der Waals surface area contributed by atoms with Crippen molar-refractivity contribution in [1.29, 1.82) is 0 Å². The zero-order valence-electron chi connectivity index (χ0n) is 25.8. The molecule has 2 atom stereocenters. The van der Waals surface area contributed by atoms with Crippen molar-refractivity contribution in [3.8, 4) is 0 Å². The van der Waals surface area contributed by atoms with Crippen LogP contribution in [0.25, 0.3) is 0 Å². The molecule has 4 aromatic carbocycles. The van der Waals surface area contributed by atoms with Crippen LogP contribution < -0.4 is 30.3 Å². The number of nitrogens with zero attached hydrogens (tertiary/aromatic N) is 4. The summed E-state index contributed by atoms with van der Waals surface area (Å²) in [7, 11) is 8.33. The SMILES string of the molecule is CC(O)CC(C)O.CN(C)c1ccc(B2B(c3ccc(N(C)C)cc3)N(c3ccccc3)[C](=[Pt])N2c2[c-]cccc2)cc1. The average molecular weight is 754 g/mol. The number of para-hydroxylation sites is 2. The molecule has 2 unspecified atom stereocenters. The van der Waals surface area contributed by atoms with Gasteiger partial charge in [-0.1, -0.05) is 0 Å². The maximum absolute atomic E-state index is 8.56. The summed E-state index contributed by atoms with van der Waals surface area (Å²) in [4.78, 5) is 9.19. The summed E-state index contributed by atoms with van der Waals surface area (Å²) in [6.45, 7) is 3.46. The molecule has 9 heteroatoms. The van der Waals surface area contributed by atoms with E-state index < -0.39 is 0 Å². The van der Waals surface area contributed by atoms with Gasteiger partial charge in [0, 0.05) is 0 Å². The monoisotopic (exact) mass is 754 g/mol. The molecule has 0 saturated carbocycles. The molecule has 2 N–H and O–H groups in total. The van der Waals surface area contributed by atoms with Gasteiger partial charge in [-0.25, -0.2) is 0 Å². The fourth-order valence-electron chi connectivity index (χ4n) is 5.33. The van der Waals surface area contributed by atoms with Gasteiger partial charge in [0.2, 0.25) is 0 Å². The van der Waals surface area contributed by atoms with E-state index >= 15 is 0 Å². The van der Waals surface area contributed by atoms with Crippen LogP contribution >= 0.6 is 0 Å². The van der Waals surface area contributed by atoms with Gasteiger partial charge in [-0.2, -0.15) is 0 Å². The van der Waals surface area contributed by atoms with Crippen molar-refractivity contribution in [1.82, 2.24) is 0 Å². The third-order valence-corrected chi connectivity index (χ3v) is 8.49. The predicted octanol–water partition coefficient (Wildman–Crippen LogP) is 3.59. The molecule has 0 spiro atoms. The summed E-state index contributed by atoms with van der Waals surface area (Å²) in [5.74, 6) is 0. The van der Waals surface area contributed by atoms with Crippen molar-refractivity contribution < 1.29 is 29.6 Å². The van der Waals surface area contributed by atoms with E-state index in [1.807, 2.05) is 12.1 Å². The fourth-order valence-corrected chi connectivity index (χ4v) is 6.53. The fraction of sp³-hybridized carbons (Fsp3) is 0.265. The molecule has 43 heavy (non-hydrogen) atoms. The van der Waals surface area contributed by atoms with E-state index in [-0.39, 0.29) is 25.7 Å². The second-order valence-corrected chi connectivity index (χ2v) is 12.4. The van der Waals surface area contributed by atoms with Gasteiger partial charge in [-0.3, -0.25) is 0 Å². The zero-order chi connectivity index (χ0) is 31.1. The zero-order valence-corrected chi connectivity index (χ0v) is 28.1. The first-order valence-corrected chi connectivity index (χ1v) is 15.7. The Morgan fingerprint density at radius 2 is 1.14 bits per heavy atom. The number of aliphatic hydroxyl groups is 2. The van der Waals surface area contributed by atoms with Crippen molar-refractivity contribution in [2.45, 2.75) is 32.5 Å². The van der Waals surface area contributed by atoms with Crippen LogP contribution in [0.3, 0.4) is 0 Å². The van der Waals surface area contributed by atoms with Crippen molar-refractivity contribution in [3.63, 3.8) is 0 Å². The van der Waals surface area contributed by atoms with Gasteiger partial charge in [-0.15, -0.1) is 0 Å². The predicted molar refractivity (Wildman–Crippen MR) is 182 cm³/mol. The number of anilines is 4. The van der Waals surface area contributed by atoms with Crippen molar-refractivity contribution in [2.75, 3.05) is 47.6 Å². The van der Waals surface area contributed by atoms with Crippen molar-refractivity contribution >= 4 is 51.3 Å². The second-order valence-electron chi connectivity index (χ2n) is 11.4. The minimum absolute atomic E-state index is 0.0674. The van der Waals surface area contributed by atoms with Crippen LogP contribution in [0.4, 0.5) is 22.7 Å². The summed E-state index contributed by atoms with van der Waals surface area (Å²) < 4.78 is 1.16. The summed E-state index contributed by atoms with van der Waals surface area (Å²) in [5.41, 5.74) is 7.18. The Balaban J connectivity index is 0.000000541. The number of rotatable bonds is 8. The van der Waals surface area contributed by atoms with Gasteiger partial charge >= 0.3 is 227 Å². The summed E-state index contributed by atoms with van der Waals surface area (Å²) >= 11 is 2.49. The summed E-state index contributed by atoms with van der Waals surface area (Å²) in [5, 5.41) is 17.1. The van der Waals surface area contributed by atoms with Gasteiger partial charge in [0.05, 0.1) is 12.2 Å². The Hall–Kier alpha value is -3.31. The molecule has 0 radical (unpaired) electrons. The van der Waals surface area contributed by atoms with Gasteiger partial charge in [-0.05, 0) is 20.3 Å². The van der Waals surface area contributed by atoms with Gasteiger partial charge < -0.3 is 10.2 Å². The van der Waals surface area contributed by atoms with E-state index in [1.54, 1.807) is 13.8 Å². The molecule has 1 heterocycles. The standard InChI is InChI=1S/C29H29B2N4.C5H12O2.Pt/c1-32(2)26-19-15-24(16-20-26)30-31(25-17-21-27(22-18-25)33(3)4)35(29-13-9-6-10-14-29)23-34(30)28-11-7-5-8-12-28;1-4(6)3-5(2)7;/h5-13,15-22H,1-4H3;4-7H,3H2,1-2H3;/q-1;;. The molecular formula is C34H41B2N4O2Pt-. The van der Waals surface area contributed by atoms with Gasteiger partial charge in [0.1, 0.15) is 0 Å². The molecule has 1 saturated heterocycles. The van der Waals surface area contributed by atoms with E-state index in [9.17, 15) is 0 Å². The molecule has 1 aliphatic heterocycles. The summed E-state index contributed by atoms with van der Waals surface area (Å²) in [6.07, 6.45) is -0.278. The molecule has 0 amide bonds. The van der Waals surface area contributed by atoms with E-state index in [1.165, 1.54) is 28.0 Å². The Morgan fingerprint density at radius 1 is 0.674 bits per heavy atom. The van der Waals surface area contributed by atoms with Crippen LogP contribution in [0.5, 0.6) is 0 Å². The topological polar surface area (TPSA) is 53.4 Å². The molecular weight excluding hydrogens is 713 g/mol. The number of benzene rings is 4. The molecule has 5 rings (SSSR count). The van der Waals surface area contributed by atoms with E-state index in [4.69, 9.17) is 10.2 Å². The second kappa shape index (κ2) is 14.9. The Bertz CT molecular complexity index is 1330. The Labute approximate surface area is 269 Å². The average Bonchev–Trinajstić information content (AvgIpc) is 3.30. The molecule has 0 aliphatic carbocycles. The van der Waals surface area contributed by atoms with Crippen LogP contribution in [0.1, 0.15) is 20.3 Å². The quantitative estimate of drug-likeness (QED) is 0.212. The number of hydrogen-bond acceptors (Lipinski definition) is 6. The minimum atomic E-state index is -0.375. The summed E-state index contributed by atoms with van der Waals surface area (Å²) in [6, 6.07) is 40.4. The first kappa shape index (κ1) is 32.6. The van der Waals surface area contributed by atoms with Crippen LogP contribution in [0, 0.1) is 6.07 Å². The normalized spacial score (nSPS) is 14.3. The van der Waals surface area contributed by atoms with E-state index in [2.05, 4.69) is 164 Å². The Morgan fingerprint density at radius 3 is 1.53 bits per heavy atom. The van der Waals surface area contributed by atoms with Gasteiger partial charge in [0.25, 0.3) is 0 Å². The van der Waals surface area contributed by atoms with Crippen LogP contribution in [-0.2, 0) is 19.4 Å². The van der Waals surface area contributed by atoms with Crippen LogP contribution in [0.15, 0.2) is 103 Å². The molecule has 0 bridgehead atoms. The molecule has 6 nitrogen and oxygen atoms in total. The van der Waals surface area contributed by atoms with E-state index in [0.717, 1.165) is 9.83 Å². The molecule has 4 aromatic rings. The third-order valence-electron chi connectivity index (χ3n) is 7.39. The Kier molecular flexibility index (Phi) is 11.3. The van der Waals surface area contributed by atoms with Crippen LogP contribution in [0.2, 0.25) is 0 Å². The number of aliphatic hydroxyl groups excluding tert-OH is 2.